The van der Waals surface area contributed by atoms with E-state index in [9.17, 15) is 0 Å². The van der Waals surface area contributed by atoms with E-state index in [1.54, 1.807) is 24.3 Å². The van der Waals surface area contributed by atoms with Crippen molar-refractivity contribution in [3.8, 4) is 0 Å². The second-order valence-electron chi connectivity index (χ2n) is 1.43. The SMILES string of the molecule is C=CC=CC.C=CC=C[CH2-].[Ti]. The van der Waals surface area contributed by atoms with E-state index >= 15 is 0 Å². The van der Waals surface area contributed by atoms with Crippen molar-refractivity contribution in [1.82, 2.24) is 0 Å². The van der Waals surface area contributed by atoms with E-state index < -0.39 is 0 Å². The van der Waals surface area contributed by atoms with Crippen LogP contribution >= 0.6 is 0 Å². The van der Waals surface area contributed by atoms with Crippen LogP contribution in [0.3, 0.4) is 0 Å². The van der Waals surface area contributed by atoms with E-state index in [4.69, 9.17) is 0 Å². The van der Waals surface area contributed by atoms with Gasteiger partial charge < -0.3 is 0 Å². The van der Waals surface area contributed by atoms with Gasteiger partial charge in [0.25, 0.3) is 0 Å². The van der Waals surface area contributed by atoms with Crippen molar-refractivity contribution in [2.75, 3.05) is 0 Å². The molecule has 0 heterocycles. The van der Waals surface area contributed by atoms with Gasteiger partial charge in [-0.15, -0.1) is 6.58 Å². The third-order valence-electron chi connectivity index (χ3n) is 0.601. The summed E-state index contributed by atoms with van der Waals surface area (Å²) in [5.74, 6) is 0. The monoisotopic (exact) mass is 183 g/mol. The van der Waals surface area contributed by atoms with Gasteiger partial charge >= 0.3 is 0 Å². The normalized spacial score (nSPS) is 8.09. The van der Waals surface area contributed by atoms with Crippen molar-refractivity contribution in [3.63, 3.8) is 0 Å². The summed E-state index contributed by atoms with van der Waals surface area (Å²) < 4.78 is 0. The third kappa shape index (κ3) is 43.2. The molecule has 0 rings (SSSR count). The van der Waals surface area contributed by atoms with Crippen molar-refractivity contribution in [2.45, 2.75) is 6.92 Å². The van der Waals surface area contributed by atoms with Crippen molar-refractivity contribution >= 4 is 0 Å². The van der Waals surface area contributed by atoms with E-state index in [2.05, 4.69) is 20.1 Å². The molecule has 0 bridgehead atoms. The van der Waals surface area contributed by atoms with Crippen LogP contribution in [-0.2, 0) is 21.7 Å². The van der Waals surface area contributed by atoms with Crippen molar-refractivity contribution < 1.29 is 21.7 Å². The first-order chi connectivity index (χ1) is 4.83. The van der Waals surface area contributed by atoms with Crippen LogP contribution in [0.15, 0.2) is 49.6 Å². The van der Waals surface area contributed by atoms with Gasteiger partial charge in [-0.1, -0.05) is 24.8 Å². The molecule has 0 saturated carbocycles. The summed E-state index contributed by atoms with van der Waals surface area (Å²) in [6.45, 7) is 12.3. The second-order valence-corrected chi connectivity index (χ2v) is 1.43. The molecular formula is C10H15Ti-. The maximum absolute atomic E-state index is 3.46. The van der Waals surface area contributed by atoms with Crippen LogP contribution in [0.25, 0.3) is 0 Å². The van der Waals surface area contributed by atoms with Gasteiger partial charge in [-0.05, 0) is 6.92 Å². The van der Waals surface area contributed by atoms with Gasteiger partial charge in [-0.25, -0.2) is 19.1 Å². The molecule has 0 aliphatic carbocycles. The Kier molecular flexibility index (Phi) is 34.8. The zero-order valence-corrected chi connectivity index (χ0v) is 8.65. The molecule has 0 aromatic rings. The Bertz CT molecular complexity index is 105. The topological polar surface area (TPSA) is 0 Å². The van der Waals surface area contributed by atoms with Crippen LogP contribution in [0.1, 0.15) is 6.92 Å². The average molecular weight is 183 g/mol. The van der Waals surface area contributed by atoms with Gasteiger partial charge in [0.2, 0.25) is 0 Å². The summed E-state index contributed by atoms with van der Waals surface area (Å²) in [7, 11) is 0. The third-order valence-corrected chi connectivity index (χ3v) is 0.601. The van der Waals surface area contributed by atoms with Gasteiger partial charge in [0, 0.05) is 21.7 Å². The van der Waals surface area contributed by atoms with Gasteiger partial charge in [0.05, 0.1) is 0 Å². The summed E-state index contributed by atoms with van der Waals surface area (Å²) >= 11 is 0. The molecule has 0 aliphatic rings. The molecule has 0 N–H and O–H groups in total. The van der Waals surface area contributed by atoms with E-state index in [0.29, 0.717) is 0 Å². The molecule has 0 radical (unpaired) electrons. The van der Waals surface area contributed by atoms with Crippen LogP contribution in [0.4, 0.5) is 0 Å². The Labute approximate surface area is 85.3 Å². The van der Waals surface area contributed by atoms with Gasteiger partial charge in [-0.2, -0.15) is 6.08 Å². The molecule has 0 amide bonds. The maximum Gasteiger partial charge on any atom is 0 e. The minimum atomic E-state index is 0. The number of hydrogen-bond acceptors (Lipinski definition) is 0. The summed E-state index contributed by atoms with van der Waals surface area (Å²) in [6, 6.07) is 0. The molecule has 0 atom stereocenters. The first-order valence-electron chi connectivity index (χ1n) is 3.14. The largest absolute Gasteiger partial charge is 0.245 e. The van der Waals surface area contributed by atoms with Gasteiger partial charge in [-0.3, -0.25) is 0 Å². The summed E-state index contributed by atoms with van der Waals surface area (Å²) in [6.07, 6.45) is 10.7. The zero-order valence-electron chi connectivity index (χ0n) is 7.09. The van der Waals surface area contributed by atoms with Crippen molar-refractivity contribution in [1.29, 1.82) is 0 Å². The zero-order chi connectivity index (χ0) is 8.24. The van der Waals surface area contributed by atoms with Crippen LogP contribution < -0.4 is 0 Å². The fraction of sp³-hybridized carbons (Fsp3) is 0.100. The molecule has 0 saturated heterocycles. The molecule has 0 fully saturated rings. The predicted molar refractivity (Wildman–Crippen MR) is 49.7 cm³/mol. The molecule has 60 valence electrons. The Morgan fingerprint density at radius 1 is 1.09 bits per heavy atom. The molecule has 0 aliphatic heterocycles. The number of rotatable bonds is 2. The molecule has 0 unspecified atom stereocenters. The van der Waals surface area contributed by atoms with Crippen LogP contribution in [-0.4, -0.2) is 0 Å². The molecular weight excluding hydrogens is 168 g/mol. The number of allylic oxidation sites excluding steroid dienone is 6. The van der Waals surface area contributed by atoms with Crippen molar-refractivity contribution in [3.05, 3.63) is 56.5 Å². The van der Waals surface area contributed by atoms with Crippen molar-refractivity contribution in [2.24, 2.45) is 0 Å². The fourth-order valence-corrected chi connectivity index (χ4v) is 0.232. The predicted octanol–water partition coefficient (Wildman–Crippen LogP) is 3.31. The average Bonchev–Trinajstić information content (AvgIpc) is 1.93. The number of hydrogen-bond donors (Lipinski definition) is 0. The summed E-state index contributed by atoms with van der Waals surface area (Å²) in [5, 5.41) is 0. The summed E-state index contributed by atoms with van der Waals surface area (Å²) in [5.41, 5.74) is 0. The summed E-state index contributed by atoms with van der Waals surface area (Å²) in [4.78, 5) is 0. The van der Waals surface area contributed by atoms with Crippen LogP contribution in [0.5, 0.6) is 0 Å². The first kappa shape index (κ1) is 16.9. The molecule has 11 heavy (non-hydrogen) atoms. The molecule has 0 aromatic heterocycles. The smallest absolute Gasteiger partial charge is 0 e. The first-order valence-corrected chi connectivity index (χ1v) is 3.14. The minimum absolute atomic E-state index is 0. The van der Waals surface area contributed by atoms with E-state index in [1.807, 2.05) is 19.1 Å². The second kappa shape index (κ2) is 22.7. The maximum atomic E-state index is 3.46. The van der Waals surface area contributed by atoms with Gasteiger partial charge in [0.15, 0.2) is 0 Å². The molecule has 0 nitrogen and oxygen atoms in total. The van der Waals surface area contributed by atoms with Crippen LogP contribution in [0, 0.1) is 6.92 Å². The molecule has 1 heteroatoms. The molecule has 0 aromatic carbocycles. The Balaban J connectivity index is -0.000000107. The standard InChI is InChI=1S/C5H8.C5H7.Ti/c2*1-3-5-4-2;/h3-5H,1H2,2H3;3-5H,1-2H2;/q;-1;. The minimum Gasteiger partial charge on any atom is -0.245 e. The Morgan fingerprint density at radius 2 is 1.55 bits per heavy atom. The van der Waals surface area contributed by atoms with Crippen LogP contribution in [0.2, 0.25) is 0 Å². The van der Waals surface area contributed by atoms with E-state index in [1.165, 1.54) is 0 Å². The fourth-order valence-electron chi connectivity index (χ4n) is 0.232. The van der Waals surface area contributed by atoms with E-state index in [0.717, 1.165) is 0 Å². The quantitative estimate of drug-likeness (QED) is 0.350. The van der Waals surface area contributed by atoms with Gasteiger partial charge in [0.1, 0.15) is 0 Å². The Morgan fingerprint density at radius 3 is 1.55 bits per heavy atom. The van der Waals surface area contributed by atoms with E-state index in [-0.39, 0.29) is 21.7 Å². The Hall–Kier alpha value is -0.456. The molecule has 0 spiro atoms.